The van der Waals surface area contributed by atoms with Crippen LogP contribution in [0.1, 0.15) is 36.9 Å². The number of imidazole rings is 1. The van der Waals surface area contributed by atoms with E-state index in [1.165, 1.54) is 36.2 Å². The lowest BCUT2D eigenvalue weighted by Gasteiger charge is -2.33. The van der Waals surface area contributed by atoms with Gasteiger partial charge in [-0.3, -0.25) is 9.30 Å². The maximum absolute atomic E-state index is 13.4. The monoisotopic (exact) mass is 541 g/mol. The van der Waals surface area contributed by atoms with Crippen LogP contribution in [0.25, 0.3) is 16.9 Å². The van der Waals surface area contributed by atoms with Gasteiger partial charge in [0, 0.05) is 41.6 Å². The van der Waals surface area contributed by atoms with E-state index < -0.39 is 17.2 Å². The van der Waals surface area contributed by atoms with Crippen molar-refractivity contribution in [2.75, 3.05) is 24.2 Å². The SMILES string of the molecule is BC(O)(O)N(c1nc(-c2ccc(F)cc2)cs1)c1c(CC)nc2ccc(C3CCN([S+](C)[O-])CC3)cn12. The summed E-state index contributed by atoms with van der Waals surface area (Å²) in [6.07, 6.45) is 6.10. The normalized spacial score (nSPS) is 16.4. The summed E-state index contributed by atoms with van der Waals surface area (Å²) in [5.74, 6) is -1.75. The summed E-state index contributed by atoms with van der Waals surface area (Å²) >= 11 is 0.304. The summed E-state index contributed by atoms with van der Waals surface area (Å²) in [6.45, 7) is 3.51. The van der Waals surface area contributed by atoms with Crippen molar-refractivity contribution in [3.05, 3.63) is 65.0 Å². The van der Waals surface area contributed by atoms with Gasteiger partial charge in [-0.2, -0.15) is 0 Å². The van der Waals surface area contributed by atoms with E-state index >= 15 is 0 Å². The topological polar surface area (TPSA) is 100 Å². The zero-order valence-corrected chi connectivity index (χ0v) is 22.6. The van der Waals surface area contributed by atoms with E-state index in [9.17, 15) is 19.2 Å². The van der Waals surface area contributed by atoms with Crippen molar-refractivity contribution < 1.29 is 19.2 Å². The molecular weight excluding hydrogens is 512 g/mol. The van der Waals surface area contributed by atoms with E-state index in [1.54, 1.807) is 18.4 Å². The van der Waals surface area contributed by atoms with Gasteiger partial charge in [-0.1, -0.05) is 13.0 Å². The quantitative estimate of drug-likeness (QED) is 0.211. The van der Waals surface area contributed by atoms with E-state index in [2.05, 4.69) is 11.1 Å². The molecule has 2 N–H and O–H groups in total. The molecule has 1 aromatic carbocycles. The van der Waals surface area contributed by atoms with E-state index in [0.29, 0.717) is 40.3 Å². The van der Waals surface area contributed by atoms with Gasteiger partial charge in [-0.25, -0.2) is 14.4 Å². The number of piperidine rings is 1. The van der Waals surface area contributed by atoms with Crippen LogP contribution in [-0.4, -0.2) is 66.4 Å². The van der Waals surface area contributed by atoms with Gasteiger partial charge in [0.25, 0.3) is 0 Å². The largest absolute Gasteiger partial charge is 0.598 e. The molecule has 1 fully saturated rings. The van der Waals surface area contributed by atoms with Gasteiger partial charge in [0.2, 0.25) is 13.7 Å². The summed E-state index contributed by atoms with van der Waals surface area (Å²) in [5, 5.41) is 24.0. The molecule has 4 heterocycles. The highest BCUT2D eigenvalue weighted by molar-refractivity contribution is 7.88. The fourth-order valence-corrected chi connectivity index (χ4v) is 6.50. The van der Waals surface area contributed by atoms with Crippen LogP contribution in [0.4, 0.5) is 15.3 Å². The molecule has 1 unspecified atom stereocenters. The molecule has 4 aromatic rings. The molecule has 0 saturated carbocycles. The van der Waals surface area contributed by atoms with Crippen LogP contribution >= 0.6 is 11.3 Å². The Morgan fingerprint density at radius 1 is 1.19 bits per heavy atom. The number of aromatic nitrogens is 3. The number of thiazole rings is 1. The Bertz CT molecular complexity index is 1380. The average molecular weight is 541 g/mol. The minimum absolute atomic E-state index is 0.303. The standard InChI is InChI=1S/C25H29BFN5O3S2/c1-3-20-23(31-14-18(6-9-22(31)28-20)16-10-12-30(13-11-16)37(2)35)32(25(26,33)34)24-29-21(15-36-24)17-4-7-19(27)8-5-17/h4-9,14-16,33-34H,3,10-13,26H2,1-2H3. The van der Waals surface area contributed by atoms with Gasteiger partial charge in [-0.05, 0) is 61.1 Å². The zero-order valence-electron chi connectivity index (χ0n) is 21.0. The fourth-order valence-electron chi connectivity index (χ4n) is 4.85. The number of halogens is 1. The Labute approximate surface area is 223 Å². The van der Waals surface area contributed by atoms with Crippen molar-refractivity contribution in [3.8, 4) is 11.3 Å². The number of hydrogen-bond acceptors (Lipinski definition) is 8. The molecule has 0 bridgehead atoms. The number of anilines is 2. The van der Waals surface area contributed by atoms with Crippen molar-refractivity contribution in [1.29, 1.82) is 0 Å². The van der Waals surface area contributed by atoms with Gasteiger partial charge in [-0.15, -0.1) is 15.6 Å². The second-order valence-electron chi connectivity index (χ2n) is 9.38. The van der Waals surface area contributed by atoms with Crippen molar-refractivity contribution in [2.45, 2.75) is 37.9 Å². The highest BCUT2D eigenvalue weighted by atomic mass is 32.2. The summed E-state index contributed by atoms with van der Waals surface area (Å²) < 4.78 is 29.2. The van der Waals surface area contributed by atoms with Gasteiger partial charge < -0.3 is 14.8 Å². The number of nitrogens with zero attached hydrogens (tertiary/aromatic N) is 5. The summed E-state index contributed by atoms with van der Waals surface area (Å²) in [7, 11) is 1.30. The minimum Gasteiger partial charge on any atom is -0.598 e. The van der Waals surface area contributed by atoms with Crippen LogP contribution in [0.5, 0.6) is 0 Å². The molecule has 5 rings (SSSR count). The summed E-state index contributed by atoms with van der Waals surface area (Å²) in [4.78, 5) is 10.9. The van der Waals surface area contributed by atoms with Gasteiger partial charge >= 0.3 is 0 Å². The number of aryl methyl sites for hydroxylation is 1. The third kappa shape index (κ3) is 5.27. The fraction of sp³-hybridized carbons (Fsp3) is 0.360. The Morgan fingerprint density at radius 3 is 2.51 bits per heavy atom. The van der Waals surface area contributed by atoms with Gasteiger partial charge in [0.1, 0.15) is 23.5 Å². The molecule has 194 valence electrons. The molecule has 37 heavy (non-hydrogen) atoms. The van der Waals surface area contributed by atoms with Crippen LogP contribution in [0.2, 0.25) is 0 Å². The lowest BCUT2D eigenvalue weighted by Crippen LogP contribution is -2.47. The van der Waals surface area contributed by atoms with E-state index in [-0.39, 0.29) is 5.82 Å². The summed E-state index contributed by atoms with van der Waals surface area (Å²) in [6, 6.07) is 10.1. The predicted octanol–water partition coefficient (Wildman–Crippen LogP) is 3.00. The maximum atomic E-state index is 13.4. The molecule has 0 spiro atoms. The first-order valence-corrected chi connectivity index (χ1v) is 14.6. The number of benzene rings is 1. The first-order chi connectivity index (χ1) is 17.7. The first-order valence-electron chi connectivity index (χ1n) is 12.2. The van der Waals surface area contributed by atoms with Crippen LogP contribution in [0, 0.1) is 5.82 Å². The highest BCUT2D eigenvalue weighted by Crippen LogP contribution is 2.38. The van der Waals surface area contributed by atoms with E-state index in [1.807, 2.05) is 33.3 Å². The number of fused-ring (bicyclic) bond motifs is 1. The predicted molar refractivity (Wildman–Crippen MR) is 148 cm³/mol. The number of rotatable bonds is 7. The van der Waals surface area contributed by atoms with Crippen molar-refractivity contribution in [2.24, 2.45) is 0 Å². The van der Waals surface area contributed by atoms with E-state index in [4.69, 9.17) is 4.98 Å². The van der Waals surface area contributed by atoms with Crippen LogP contribution in [-0.2, 0) is 17.8 Å². The zero-order chi connectivity index (χ0) is 26.3. The second kappa shape index (κ2) is 10.4. The van der Waals surface area contributed by atoms with Gasteiger partial charge in [0.15, 0.2) is 5.13 Å². The van der Waals surface area contributed by atoms with Crippen molar-refractivity contribution in [3.63, 3.8) is 0 Å². The molecule has 0 amide bonds. The van der Waals surface area contributed by atoms with Crippen LogP contribution in [0.3, 0.4) is 0 Å². The lowest BCUT2D eigenvalue weighted by atomic mass is 9.91. The Morgan fingerprint density at radius 2 is 1.89 bits per heavy atom. The lowest BCUT2D eigenvalue weighted by molar-refractivity contribution is -0.0783. The molecule has 0 aliphatic carbocycles. The minimum atomic E-state index is -2.26. The maximum Gasteiger partial charge on any atom is 0.208 e. The molecule has 1 atom stereocenters. The molecular formula is C25H29BFN5O3S2. The highest BCUT2D eigenvalue weighted by Gasteiger charge is 2.35. The van der Waals surface area contributed by atoms with Crippen LogP contribution < -0.4 is 4.90 Å². The van der Waals surface area contributed by atoms with E-state index in [0.717, 1.165) is 37.1 Å². The second-order valence-corrected chi connectivity index (χ2v) is 11.6. The smallest absolute Gasteiger partial charge is 0.208 e. The number of aliphatic hydroxyl groups is 2. The third-order valence-corrected chi connectivity index (χ3v) is 8.69. The summed E-state index contributed by atoms with van der Waals surface area (Å²) in [5.41, 5.74) is 3.88. The number of hydrogen-bond donors (Lipinski definition) is 2. The average Bonchev–Trinajstić information content (AvgIpc) is 3.49. The van der Waals surface area contributed by atoms with Crippen molar-refractivity contribution >= 4 is 47.1 Å². The molecule has 1 saturated heterocycles. The third-order valence-electron chi connectivity index (χ3n) is 6.77. The van der Waals surface area contributed by atoms with Gasteiger partial charge in [0.05, 0.1) is 11.4 Å². The molecule has 8 nitrogen and oxygen atoms in total. The first kappa shape index (κ1) is 26.1. The molecule has 12 heteroatoms. The van der Waals surface area contributed by atoms with Crippen LogP contribution in [0.15, 0.2) is 48.0 Å². The molecule has 0 radical (unpaired) electrons. The van der Waals surface area contributed by atoms with Crippen molar-refractivity contribution in [1.82, 2.24) is 18.7 Å². The Kier molecular flexibility index (Phi) is 7.32. The number of pyridine rings is 1. The Balaban J connectivity index is 1.56. The molecule has 3 aromatic heterocycles. The Hall–Kier alpha value is -2.48. The molecule has 1 aliphatic heterocycles. The molecule has 1 aliphatic rings.